The molecule has 42 heavy (non-hydrogen) atoms. The number of hydrogen-bond acceptors (Lipinski definition) is 9. The number of nitrogens with one attached hydrogen (secondary N) is 1. The number of benzene rings is 1. The number of carbonyl (C=O) groups excluding carboxylic acids is 4. The maximum absolute atomic E-state index is 13.3. The first-order valence-corrected chi connectivity index (χ1v) is 15.0. The molecule has 2 rings (SSSR count). The van der Waals surface area contributed by atoms with Crippen LogP contribution in [-0.4, -0.2) is 65.7 Å². The van der Waals surface area contributed by atoms with Gasteiger partial charge in [-0.2, -0.15) is 0 Å². The molecule has 232 valence electrons. The van der Waals surface area contributed by atoms with E-state index in [1.165, 1.54) is 30.3 Å². The predicted molar refractivity (Wildman–Crippen MR) is 161 cm³/mol. The van der Waals surface area contributed by atoms with Crippen LogP contribution in [0, 0.1) is 11.8 Å². The van der Waals surface area contributed by atoms with Crippen LogP contribution in [0.5, 0.6) is 0 Å². The smallest absolute Gasteiger partial charge is 0.410 e. The number of thiazole rings is 1. The van der Waals surface area contributed by atoms with Crippen LogP contribution in [-0.2, 0) is 30.2 Å². The van der Waals surface area contributed by atoms with E-state index in [2.05, 4.69) is 10.3 Å². The minimum absolute atomic E-state index is 0.0128. The predicted octanol–water partition coefficient (Wildman–Crippen LogP) is 5.57. The van der Waals surface area contributed by atoms with E-state index in [4.69, 9.17) is 14.2 Å². The number of amides is 2. The second-order valence-corrected chi connectivity index (χ2v) is 12.7. The number of ether oxygens (including phenoxy) is 3. The second kappa shape index (κ2) is 15.7. The number of methoxy groups -OCH3 is 1. The van der Waals surface area contributed by atoms with Gasteiger partial charge in [0.25, 0.3) is 5.91 Å². The molecule has 1 heterocycles. The Balaban J connectivity index is 2.26. The zero-order valence-corrected chi connectivity index (χ0v) is 26.9. The molecule has 11 heteroatoms. The van der Waals surface area contributed by atoms with Crippen LogP contribution in [0.2, 0.25) is 0 Å². The highest BCUT2D eigenvalue weighted by atomic mass is 32.1. The van der Waals surface area contributed by atoms with E-state index < -0.39 is 35.6 Å². The average Bonchev–Trinajstić information content (AvgIpc) is 3.40. The Bertz CT molecular complexity index is 1190. The van der Waals surface area contributed by atoms with E-state index in [0.29, 0.717) is 17.8 Å². The molecule has 0 aliphatic carbocycles. The van der Waals surface area contributed by atoms with Gasteiger partial charge in [-0.05, 0) is 45.1 Å². The van der Waals surface area contributed by atoms with Crippen LogP contribution in [0.15, 0.2) is 35.7 Å². The summed E-state index contributed by atoms with van der Waals surface area (Å²) in [6, 6.07) is 9.00. The van der Waals surface area contributed by atoms with Gasteiger partial charge in [-0.1, -0.05) is 51.1 Å². The summed E-state index contributed by atoms with van der Waals surface area (Å²) >= 11 is 1.21. The van der Waals surface area contributed by atoms with E-state index in [9.17, 15) is 19.2 Å². The normalized spacial score (nSPS) is 14.3. The summed E-state index contributed by atoms with van der Waals surface area (Å²) in [5, 5.41) is 5.08. The molecule has 0 spiro atoms. The van der Waals surface area contributed by atoms with Gasteiger partial charge in [-0.15, -0.1) is 11.3 Å². The lowest BCUT2D eigenvalue weighted by molar-refractivity contribution is -0.148. The maximum Gasteiger partial charge on any atom is 0.410 e. The maximum atomic E-state index is 13.3. The van der Waals surface area contributed by atoms with Crippen LogP contribution >= 0.6 is 11.3 Å². The Morgan fingerprint density at radius 1 is 1.05 bits per heavy atom. The van der Waals surface area contributed by atoms with Crippen LogP contribution in [0.1, 0.15) is 88.5 Å². The minimum Gasteiger partial charge on any atom is -0.469 e. The van der Waals surface area contributed by atoms with Crippen molar-refractivity contribution in [2.75, 3.05) is 14.2 Å². The van der Waals surface area contributed by atoms with Crippen molar-refractivity contribution >= 4 is 35.3 Å². The molecule has 0 bridgehead atoms. The van der Waals surface area contributed by atoms with E-state index in [-0.39, 0.29) is 36.1 Å². The number of aromatic nitrogens is 1. The van der Waals surface area contributed by atoms with Crippen LogP contribution < -0.4 is 5.32 Å². The van der Waals surface area contributed by atoms with Gasteiger partial charge in [0, 0.05) is 37.9 Å². The standard InChI is InChI=1S/C31H45N3O7S/c1-19(2)25(34(8)30(38)41-31(5,6)7)17-26(40-21(4)35)28-33-24(18-42-28)27(36)32-23(15-20(3)29(37)39-9)16-22-13-11-10-12-14-22/h10-14,18-20,23,25-26H,15-17H2,1-9H3,(H,32,36). The lowest BCUT2D eigenvalue weighted by Crippen LogP contribution is -2.44. The number of esters is 2. The Morgan fingerprint density at radius 3 is 2.24 bits per heavy atom. The van der Waals surface area contributed by atoms with Crippen molar-refractivity contribution in [3.8, 4) is 0 Å². The largest absolute Gasteiger partial charge is 0.469 e. The zero-order chi connectivity index (χ0) is 31.6. The molecule has 1 aromatic heterocycles. The third-order valence-electron chi connectivity index (χ3n) is 6.64. The van der Waals surface area contributed by atoms with Gasteiger partial charge in [-0.25, -0.2) is 9.78 Å². The molecule has 10 nitrogen and oxygen atoms in total. The van der Waals surface area contributed by atoms with E-state index in [0.717, 1.165) is 5.56 Å². The van der Waals surface area contributed by atoms with Crippen molar-refractivity contribution in [3.05, 3.63) is 52.0 Å². The minimum atomic E-state index is -0.772. The van der Waals surface area contributed by atoms with Gasteiger partial charge in [-0.3, -0.25) is 14.4 Å². The summed E-state index contributed by atoms with van der Waals surface area (Å²) < 4.78 is 16.1. The number of carbonyl (C=O) groups is 4. The van der Waals surface area contributed by atoms with Crippen molar-refractivity contribution in [1.82, 2.24) is 15.2 Å². The number of nitrogens with zero attached hydrogens (tertiary/aromatic N) is 2. The molecule has 4 atom stereocenters. The topological polar surface area (TPSA) is 124 Å². The molecule has 0 aliphatic heterocycles. The number of rotatable bonds is 13. The molecule has 0 fully saturated rings. The highest BCUT2D eigenvalue weighted by Gasteiger charge is 2.33. The fourth-order valence-electron chi connectivity index (χ4n) is 4.58. The number of hydrogen-bond donors (Lipinski definition) is 1. The van der Waals surface area contributed by atoms with E-state index in [1.54, 1.807) is 40.1 Å². The molecule has 2 amide bonds. The lowest BCUT2D eigenvalue weighted by atomic mass is 9.96. The highest BCUT2D eigenvalue weighted by Crippen LogP contribution is 2.31. The first kappa shape index (κ1) is 34.7. The molecule has 0 saturated heterocycles. The van der Waals surface area contributed by atoms with Crippen molar-refractivity contribution in [3.63, 3.8) is 0 Å². The molecule has 1 N–H and O–H groups in total. The average molecular weight is 604 g/mol. The first-order chi connectivity index (χ1) is 19.6. The van der Waals surface area contributed by atoms with Gasteiger partial charge in [0.2, 0.25) is 0 Å². The Labute approximate surface area is 253 Å². The van der Waals surface area contributed by atoms with Crippen LogP contribution in [0.3, 0.4) is 0 Å². The quantitative estimate of drug-likeness (QED) is 0.233. The summed E-state index contributed by atoms with van der Waals surface area (Å²) in [5.41, 5.74) is 0.535. The fourth-order valence-corrected chi connectivity index (χ4v) is 5.42. The Hall–Kier alpha value is -3.47. The van der Waals surface area contributed by atoms with Crippen LogP contribution in [0.4, 0.5) is 4.79 Å². The Morgan fingerprint density at radius 2 is 1.69 bits per heavy atom. The summed E-state index contributed by atoms with van der Waals surface area (Å²) in [6.07, 6.45) is -0.0745. The monoisotopic (exact) mass is 603 g/mol. The molecule has 2 aromatic rings. The van der Waals surface area contributed by atoms with Crippen molar-refractivity contribution < 1.29 is 33.4 Å². The summed E-state index contributed by atoms with van der Waals surface area (Å²) in [5.74, 6) is -1.65. The van der Waals surface area contributed by atoms with Crippen molar-refractivity contribution in [2.24, 2.45) is 11.8 Å². The first-order valence-electron chi connectivity index (χ1n) is 14.1. The summed E-state index contributed by atoms with van der Waals surface area (Å²) in [6.45, 7) is 12.4. The molecular weight excluding hydrogens is 558 g/mol. The van der Waals surface area contributed by atoms with E-state index in [1.807, 2.05) is 44.2 Å². The van der Waals surface area contributed by atoms with Gasteiger partial charge in [0.05, 0.1) is 13.0 Å². The van der Waals surface area contributed by atoms with E-state index >= 15 is 0 Å². The van der Waals surface area contributed by atoms with Gasteiger partial charge >= 0.3 is 18.0 Å². The third kappa shape index (κ3) is 11.1. The molecular formula is C31H45N3O7S. The lowest BCUT2D eigenvalue weighted by Gasteiger charge is -2.34. The SMILES string of the molecule is COC(=O)C(C)CC(Cc1ccccc1)NC(=O)c1csc(C(CC(C(C)C)N(C)C(=O)OC(C)(C)C)OC(C)=O)n1. The van der Waals surface area contributed by atoms with Gasteiger partial charge in [0.1, 0.15) is 16.3 Å². The molecule has 0 saturated carbocycles. The molecule has 0 radical (unpaired) electrons. The third-order valence-corrected chi connectivity index (χ3v) is 7.58. The zero-order valence-electron chi connectivity index (χ0n) is 26.1. The molecule has 1 aromatic carbocycles. The van der Waals surface area contributed by atoms with Crippen molar-refractivity contribution in [2.45, 2.75) is 91.5 Å². The van der Waals surface area contributed by atoms with Gasteiger partial charge in [0.15, 0.2) is 6.10 Å². The van der Waals surface area contributed by atoms with Gasteiger partial charge < -0.3 is 24.4 Å². The second-order valence-electron chi connectivity index (χ2n) is 11.8. The summed E-state index contributed by atoms with van der Waals surface area (Å²) in [7, 11) is 3.00. The Kier molecular flexibility index (Phi) is 13.0. The molecule has 0 aliphatic rings. The van der Waals surface area contributed by atoms with Crippen molar-refractivity contribution in [1.29, 1.82) is 0 Å². The summed E-state index contributed by atoms with van der Waals surface area (Å²) in [4.78, 5) is 56.3. The van der Waals surface area contributed by atoms with Crippen LogP contribution in [0.25, 0.3) is 0 Å². The molecule has 4 unspecified atom stereocenters. The fraction of sp³-hybridized carbons (Fsp3) is 0.581. The highest BCUT2D eigenvalue weighted by molar-refractivity contribution is 7.09.